The van der Waals surface area contributed by atoms with Crippen molar-refractivity contribution in [1.82, 2.24) is 4.98 Å². The van der Waals surface area contributed by atoms with E-state index in [2.05, 4.69) is 4.98 Å². The summed E-state index contributed by atoms with van der Waals surface area (Å²) in [6.45, 7) is 0. The van der Waals surface area contributed by atoms with Gasteiger partial charge in [-0.1, -0.05) is 23.9 Å². The molecule has 0 aliphatic rings. The number of aromatic nitrogens is 1. The van der Waals surface area contributed by atoms with Gasteiger partial charge in [0.1, 0.15) is 5.82 Å². The summed E-state index contributed by atoms with van der Waals surface area (Å²) in [5.74, 6) is 0.397. The van der Waals surface area contributed by atoms with E-state index in [0.29, 0.717) is 10.7 Å². The van der Waals surface area contributed by atoms with Crippen molar-refractivity contribution in [3.05, 3.63) is 52.7 Å². The summed E-state index contributed by atoms with van der Waals surface area (Å²) >= 11 is 1.30. The van der Waals surface area contributed by atoms with Crippen molar-refractivity contribution in [1.29, 1.82) is 0 Å². The van der Waals surface area contributed by atoms with E-state index in [4.69, 9.17) is 5.73 Å². The number of nitrogens with zero attached hydrogens (tertiary/aromatic N) is 2. The maximum Gasteiger partial charge on any atom is 0.283 e. The normalized spacial score (nSPS) is 10.1. The molecule has 0 amide bonds. The summed E-state index contributed by atoms with van der Waals surface area (Å²) in [5, 5.41) is 10.8. The molecule has 86 valence electrons. The minimum atomic E-state index is -0.396. The zero-order chi connectivity index (χ0) is 12.3. The number of nitrogens with two attached hydrogens (primary N) is 1. The maximum absolute atomic E-state index is 10.8. The van der Waals surface area contributed by atoms with E-state index in [0.717, 1.165) is 4.90 Å². The number of para-hydroxylation sites is 1. The Balaban J connectivity index is 2.33. The first-order chi connectivity index (χ1) is 8.16. The van der Waals surface area contributed by atoms with Crippen molar-refractivity contribution in [2.45, 2.75) is 9.79 Å². The van der Waals surface area contributed by atoms with Crippen LogP contribution in [0.25, 0.3) is 0 Å². The summed E-state index contributed by atoms with van der Waals surface area (Å²) in [6.07, 6.45) is 1.58. The van der Waals surface area contributed by atoms with Crippen molar-refractivity contribution >= 4 is 23.3 Å². The van der Waals surface area contributed by atoms with Gasteiger partial charge in [0.2, 0.25) is 0 Å². The summed E-state index contributed by atoms with van der Waals surface area (Å²) in [7, 11) is 0. The summed E-state index contributed by atoms with van der Waals surface area (Å²) in [4.78, 5) is 15.7. The summed E-state index contributed by atoms with van der Waals surface area (Å²) in [5.41, 5.74) is 5.64. The molecule has 1 aromatic carbocycles. The number of nitro groups is 1. The van der Waals surface area contributed by atoms with Crippen LogP contribution in [0.1, 0.15) is 0 Å². The molecule has 1 aromatic heterocycles. The molecule has 0 atom stereocenters. The van der Waals surface area contributed by atoms with Crippen LogP contribution < -0.4 is 5.73 Å². The molecule has 17 heavy (non-hydrogen) atoms. The second-order valence-corrected chi connectivity index (χ2v) is 4.36. The van der Waals surface area contributed by atoms with E-state index in [1.165, 1.54) is 17.8 Å². The Hall–Kier alpha value is -2.08. The van der Waals surface area contributed by atoms with Crippen LogP contribution in [0, 0.1) is 10.1 Å². The van der Waals surface area contributed by atoms with Gasteiger partial charge in [-0.05, 0) is 18.2 Å². The lowest BCUT2D eigenvalue weighted by molar-refractivity contribution is -0.387. The number of anilines is 1. The average Bonchev–Trinajstić information content (AvgIpc) is 2.29. The quantitative estimate of drug-likeness (QED) is 0.666. The van der Waals surface area contributed by atoms with Gasteiger partial charge >= 0.3 is 0 Å². The minimum absolute atomic E-state index is 0.0906. The van der Waals surface area contributed by atoms with Gasteiger partial charge in [-0.3, -0.25) is 10.1 Å². The van der Waals surface area contributed by atoms with Crippen molar-refractivity contribution in [3.63, 3.8) is 0 Å². The molecule has 6 heteroatoms. The van der Waals surface area contributed by atoms with Crippen LogP contribution in [0.2, 0.25) is 0 Å². The van der Waals surface area contributed by atoms with E-state index in [-0.39, 0.29) is 5.69 Å². The van der Waals surface area contributed by atoms with Crippen molar-refractivity contribution in [3.8, 4) is 0 Å². The standard InChI is InChI=1S/C11H9N3O2S/c12-11-7-8(5-6-13-11)17-10-4-2-1-3-9(10)14(15)16/h1-7H,(H2,12,13). The molecule has 0 aliphatic carbocycles. The van der Waals surface area contributed by atoms with Gasteiger partial charge in [-0.25, -0.2) is 4.98 Å². The molecular weight excluding hydrogens is 238 g/mol. The molecular formula is C11H9N3O2S. The molecule has 0 saturated carbocycles. The third-order valence-corrected chi connectivity index (χ3v) is 3.10. The molecule has 0 aliphatic heterocycles. The Kier molecular flexibility index (Phi) is 3.24. The molecule has 1 heterocycles. The third-order valence-electron chi connectivity index (χ3n) is 2.04. The zero-order valence-electron chi connectivity index (χ0n) is 8.74. The zero-order valence-corrected chi connectivity index (χ0v) is 9.55. The number of nitro benzene ring substituents is 1. The molecule has 2 N–H and O–H groups in total. The van der Waals surface area contributed by atoms with Gasteiger partial charge in [0, 0.05) is 17.2 Å². The fourth-order valence-electron chi connectivity index (χ4n) is 1.31. The number of benzene rings is 1. The Morgan fingerprint density at radius 2 is 2.06 bits per heavy atom. The Bertz CT molecular complexity index is 560. The molecule has 0 bridgehead atoms. The third kappa shape index (κ3) is 2.73. The number of nitrogen functional groups attached to an aromatic ring is 1. The number of rotatable bonds is 3. The van der Waals surface area contributed by atoms with Gasteiger partial charge in [-0.2, -0.15) is 0 Å². The topological polar surface area (TPSA) is 82.0 Å². The highest BCUT2D eigenvalue weighted by Crippen LogP contribution is 2.34. The first-order valence-electron chi connectivity index (χ1n) is 4.79. The van der Waals surface area contributed by atoms with Gasteiger partial charge in [0.05, 0.1) is 9.82 Å². The molecule has 0 unspecified atom stereocenters. The van der Waals surface area contributed by atoms with Gasteiger partial charge < -0.3 is 5.73 Å². The summed E-state index contributed by atoms with van der Waals surface area (Å²) in [6, 6.07) is 10.0. The fourth-order valence-corrected chi connectivity index (χ4v) is 2.27. The number of hydrogen-bond acceptors (Lipinski definition) is 5. The molecule has 0 spiro atoms. The van der Waals surface area contributed by atoms with E-state index in [1.54, 1.807) is 36.5 Å². The summed E-state index contributed by atoms with van der Waals surface area (Å²) < 4.78 is 0. The van der Waals surface area contributed by atoms with Crippen LogP contribution in [-0.2, 0) is 0 Å². The van der Waals surface area contributed by atoms with Crippen LogP contribution in [0.3, 0.4) is 0 Å². The van der Waals surface area contributed by atoms with Crippen LogP contribution in [0.5, 0.6) is 0 Å². The number of pyridine rings is 1. The maximum atomic E-state index is 10.8. The molecule has 0 fully saturated rings. The van der Waals surface area contributed by atoms with E-state index in [1.807, 2.05) is 0 Å². The predicted octanol–water partition coefficient (Wildman–Crippen LogP) is 2.72. The van der Waals surface area contributed by atoms with Crippen molar-refractivity contribution in [2.75, 3.05) is 5.73 Å². The van der Waals surface area contributed by atoms with Crippen molar-refractivity contribution in [2.24, 2.45) is 0 Å². The van der Waals surface area contributed by atoms with E-state index in [9.17, 15) is 10.1 Å². The minimum Gasteiger partial charge on any atom is -0.384 e. The highest BCUT2D eigenvalue weighted by atomic mass is 32.2. The lowest BCUT2D eigenvalue weighted by Crippen LogP contribution is -1.91. The Labute approximate surface area is 102 Å². The average molecular weight is 247 g/mol. The van der Waals surface area contributed by atoms with Crippen molar-refractivity contribution < 1.29 is 4.92 Å². The van der Waals surface area contributed by atoms with Crippen LogP contribution in [0.4, 0.5) is 11.5 Å². The Morgan fingerprint density at radius 1 is 1.29 bits per heavy atom. The lowest BCUT2D eigenvalue weighted by atomic mass is 10.3. The van der Waals surface area contributed by atoms with E-state index >= 15 is 0 Å². The highest BCUT2D eigenvalue weighted by molar-refractivity contribution is 7.99. The SMILES string of the molecule is Nc1cc(Sc2ccccc2[N+](=O)[O-])ccn1. The van der Waals surface area contributed by atoms with Crippen LogP contribution >= 0.6 is 11.8 Å². The van der Waals surface area contributed by atoms with Gasteiger partial charge in [-0.15, -0.1) is 0 Å². The second-order valence-electron chi connectivity index (χ2n) is 3.24. The molecule has 2 rings (SSSR count). The molecule has 2 aromatic rings. The largest absolute Gasteiger partial charge is 0.384 e. The molecule has 0 radical (unpaired) electrons. The monoisotopic (exact) mass is 247 g/mol. The Morgan fingerprint density at radius 3 is 2.76 bits per heavy atom. The highest BCUT2D eigenvalue weighted by Gasteiger charge is 2.13. The molecule has 0 saturated heterocycles. The molecule has 5 nitrogen and oxygen atoms in total. The van der Waals surface area contributed by atoms with Crippen LogP contribution in [0.15, 0.2) is 52.4 Å². The fraction of sp³-hybridized carbons (Fsp3) is 0. The first kappa shape index (κ1) is 11.4. The number of hydrogen-bond donors (Lipinski definition) is 1. The smallest absolute Gasteiger partial charge is 0.283 e. The van der Waals surface area contributed by atoms with Gasteiger partial charge in [0.15, 0.2) is 0 Å². The first-order valence-corrected chi connectivity index (χ1v) is 5.61. The second kappa shape index (κ2) is 4.84. The van der Waals surface area contributed by atoms with Gasteiger partial charge in [0.25, 0.3) is 5.69 Å². The van der Waals surface area contributed by atoms with E-state index < -0.39 is 4.92 Å². The van der Waals surface area contributed by atoms with Crippen LogP contribution in [-0.4, -0.2) is 9.91 Å². The predicted molar refractivity (Wildman–Crippen MR) is 65.9 cm³/mol. The lowest BCUT2D eigenvalue weighted by Gasteiger charge is -2.02.